The minimum Gasteiger partial charge on any atom is -0.355 e. The molecule has 1 N–H and O–H groups in total. The third-order valence-electron chi connectivity index (χ3n) is 5.98. The maximum absolute atomic E-state index is 4.66. The Kier molecular flexibility index (Phi) is 4.78. The SMILES string of the molecule is C[C@@H]1[C@@H](c2cc3c(Nc4ccc5scnc5c4)ccnc3s2)CCCCN1C. The summed E-state index contributed by atoms with van der Waals surface area (Å²) >= 11 is 3.53. The fraction of sp³-hybridized carbons (Fsp3) is 0.364. The second-order valence-electron chi connectivity index (χ2n) is 7.71. The molecule has 144 valence electrons. The molecule has 1 fully saturated rings. The summed E-state index contributed by atoms with van der Waals surface area (Å²) in [7, 11) is 2.26. The van der Waals surface area contributed by atoms with Crippen molar-refractivity contribution in [3.8, 4) is 0 Å². The Bertz CT molecular complexity index is 1120. The highest BCUT2D eigenvalue weighted by molar-refractivity contribution is 7.18. The molecule has 0 radical (unpaired) electrons. The number of anilines is 2. The molecule has 0 aliphatic carbocycles. The van der Waals surface area contributed by atoms with Crippen LogP contribution in [0.1, 0.15) is 37.0 Å². The van der Waals surface area contributed by atoms with Crippen LogP contribution < -0.4 is 5.32 Å². The van der Waals surface area contributed by atoms with Gasteiger partial charge in [-0.3, -0.25) is 0 Å². The summed E-state index contributed by atoms with van der Waals surface area (Å²) < 4.78 is 1.22. The van der Waals surface area contributed by atoms with Crippen LogP contribution in [0, 0.1) is 0 Å². The normalized spacial score (nSPS) is 21.2. The smallest absolute Gasteiger partial charge is 0.125 e. The molecular weight excluding hydrogens is 384 g/mol. The van der Waals surface area contributed by atoms with Crippen LogP contribution in [0.3, 0.4) is 0 Å². The number of fused-ring (bicyclic) bond motifs is 2. The van der Waals surface area contributed by atoms with E-state index in [0.29, 0.717) is 12.0 Å². The van der Waals surface area contributed by atoms with E-state index in [0.717, 1.165) is 21.7 Å². The lowest BCUT2D eigenvalue weighted by atomic mass is 9.94. The van der Waals surface area contributed by atoms with Gasteiger partial charge in [0.05, 0.1) is 21.4 Å². The Morgan fingerprint density at radius 2 is 2.07 bits per heavy atom. The van der Waals surface area contributed by atoms with Crippen molar-refractivity contribution in [3.63, 3.8) is 0 Å². The summed E-state index contributed by atoms with van der Waals surface area (Å²) in [6.45, 7) is 3.57. The maximum Gasteiger partial charge on any atom is 0.125 e. The van der Waals surface area contributed by atoms with Crippen LogP contribution >= 0.6 is 22.7 Å². The third-order valence-corrected chi connectivity index (χ3v) is 7.97. The van der Waals surface area contributed by atoms with Gasteiger partial charge in [-0.2, -0.15) is 0 Å². The first-order valence-electron chi connectivity index (χ1n) is 9.88. The number of hydrogen-bond acceptors (Lipinski definition) is 6. The highest BCUT2D eigenvalue weighted by atomic mass is 32.1. The van der Waals surface area contributed by atoms with Crippen molar-refractivity contribution in [2.75, 3.05) is 18.9 Å². The highest BCUT2D eigenvalue weighted by Crippen LogP contribution is 2.40. The quantitative estimate of drug-likeness (QED) is 0.436. The molecule has 2 atom stereocenters. The number of thiophene rings is 1. The van der Waals surface area contributed by atoms with Gasteiger partial charge in [-0.25, -0.2) is 9.97 Å². The van der Waals surface area contributed by atoms with Crippen LogP contribution in [0.4, 0.5) is 11.4 Å². The van der Waals surface area contributed by atoms with Gasteiger partial charge in [-0.05, 0) is 63.7 Å². The van der Waals surface area contributed by atoms with E-state index in [1.165, 1.54) is 40.8 Å². The molecule has 5 rings (SSSR count). The molecule has 0 spiro atoms. The molecule has 4 heterocycles. The van der Waals surface area contributed by atoms with Gasteiger partial charge in [0.25, 0.3) is 0 Å². The molecule has 1 aliphatic heterocycles. The second kappa shape index (κ2) is 7.43. The van der Waals surface area contributed by atoms with Gasteiger partial charge in [0.15, 0.2) is 0 Å². The van der Waals surface area contributed by atoms with Crippen molar-refractivity contribution in [1.82, 2.24) is 14.9 Å². The first-order chi connectivity index (χ1) is 13.7. The van der Waals surface area contributed by atoms with Crippen LogP contribution in [0.15, 0.2) is 42.0 Å². The van der Waals surface area contributed by atoms with E-state index in [1.807, 2.05) is 23.0 Å². The second-order valence-corrected chi connectivity index (χ2v) is 9.66. The van der Waals surface area contributed by atoms with Crippen LogP contribution in [-0.4, -0.2) is 34.5 Å². The lowest BCUT2D eigenvalue weighted by Crippen LogP contribution is -2.32. The number of hydrogen-bond donors (Lipinski definition) is 1. The molecule has 0 saturated carbocycles. The standard InChI is InChI=1S/C22H24N4S2/c1-14-16(5-3-4-10-26(14)2)21-12-17-18(8-9-23-22(17)28-21)25-15-6-7-20-19(11-15)24-13-27-20/h6-9,11-14,16H,3-5,10H2,1-2H3,(H,23,25)/t14-,16+/m1/s1. The Balaban J connectivity index is 1.50. The molecule has 0 bridgehead atoms. The van der Waals surface area contributed by atoms with Crippen LogP contribution in [-0.2, 0) is 0 Å². The summed E-state index contributed by atoms with van der Waals surface area (Å²) in [5.74, 6) is 0.589. The molecule has 1 aromatic carbocycles. The van der Waals surface area contributed by atoms with Gasteiger partial charge in [0.1, 0.15) is 4.83 Å². The van der Waals surface area contributed by atoms with Gasteiger partial charge in [-0.1, -0.05) is 6.42 Å². The molecule has 1 saturated heterocycles. The van der Waals surface area contributed by atoms with E-state index in [-0.39, 0.29) is 0 Å². The van der Waals surface area contributed by atoms with Gasteiger partial charge < -0.3 is 10.2 Å². The van der Waals surface area contributed by atoms with Crippen LogP contribution in [0.5, 0.6) is 0 Å². The first-order valence-corrected chi connectivity index (χ1v) is 11.6. The molecule has 4 nitrogen and oxygen atoms in total. The van der Waals surface area contributed by atoms with E-state index in [2.05, 4.69) is 64.5 Å². The molecule has 3 aromatic heterocycles. The first kappa shape index (κ1) is 18.0. The summed E-state index contributed by atoms with van der Waals surface area (Å²) in [5.41, 5.74) is 5.13. The Morgan fingerprint density at radius 3 is 3.00 bits per heavy atom. The number of rotatable bonds is 3. The van der Waals surface area contributed by atoms with Crippen molar-refractivity contribution in [1.29, 1.82) is 0 Å². The molecule has 0 amide bonds. The average Bonchev–Trinajstić information content (AvgIpc) is 3.30. The number of benzene rings is 1. The average molecular weight is 409 g/mol. The zero-order valence-corrected chi connectivity index (χ0v) is 17.8. The largest absolute Gasteiger partial charge is 0.355 e. The predicted molar refractivity (Wildman–Crippen MR) is 121 cm³/mol. The fourth-order valence-corrected chi connectivity index (χ4v) is 6.12. The number of thiazole rings is 1. The van der Waals surface area contributed by atoms with E-state index in [4.69, 9.17) is 0 Å². The summed E-state index contributed by atoms with van der Waals surface area (Å²) in [6, 6.07) is 11.4. The number of pyridine rings is 1. The van der Waals surface area contributed by atoms with E-state index in [1.54, 1.807) is 11.3 Å². The minimum absolute atomic E-state index is 0.569. The topological polar surface area (TPSA) is 41.1 Å². The molecule has 28 heavy (non-hydrogen) atoms. The van der Waals surface area contributed by atoms with Crippen molar-refractivity contribution in [2.45, 2.75) is 38.1 Å². The number of aromatic nitrogens is 2. The Hall–Kier alpha value is -2.02. The van der Waals surface area contributed by atoms with Gasteiger partial charge in [0, 0.05) is 34.1 Å². The minimum atomic E-state index is 0.569. The zero-order chi connectivity index (χ0) is 19.1. The molecular formula is C22H24N4S2. The summed E-state index contributed by atoms with van der Waals surface area (Å²) in [6.07, 6.45) is 5.78. The number of nitrogens with one attached hydrogen (secondary N) is 1. The lowest BCUT2D eigenvalue weighted by molar-refractivity contribution is 0.244. The Labute approximate surface area is 173 Å². The van der Waals surface area contributed by atoms with Crippen LogP contribution in [0.25, 0.3) is 20.4 Å². The molecule has 6 heteroatoms. The van der Waals surface area contributed by atoms with E-state index >= 15 is 0 Å². The fourth-order valence-electron chi connectivity index (χ4n) is 4.20. The van der Waals surface area contributed by atoms with E-state index < -0.39 is 0 Å². The highest BCUT2D eigenvalue weighted by Gasteiger charge is 2.27. The van der Waals surface area contributed by atoms with Crippen LogP contribution in [0.2, 0.25) is 0 Å². The lowest BCUT2D eigenvalue weighted by Gasteiger charge is -2.28. The molecule has 0 unspecified atom stereocenters. The number of nitrogens with zero attached hydrogens (tertiary/aromatic N) is 3. The number of likely N-dealkylation sites (N-methyl/N-ethyl adjacent to an activating group) is 1. The Morgan fingerprint density at radius 1 is 1.14 bits per heavy atom. The zero-order valence-electron chi connectivity index (χ0n) is 16.2. The third kappa shape index (κ3) is 3.30. The molecule has 4 aromatic rings. The predicted octanol–water partition coefficient (Wildman–Crippen LogP) is 6.24. The van der Waals surface area contributed by atoms with Gasteiger partial charge in [-0.15, -0.1) is 22.7 Å². The van der Waals surface area contributed by atoms with Crippen molar-refractivity contribution in [3.05, 3.63) is 46.9 Å². The molecule has 1 aliphatic rings. The van der Waals surface area contributed by atoms with Gasteiger partial charge in [0.2, 0.25) is 0 Å². The van der Waals surface area contributed by atoms with Gasteiger partial charge >= 0.3 is 0 Å². The van der Waals surface area contributed by atoms with Crippen molar-refractivity contribution in [2.24, 2.45) is 0 Å². The summed E-state index contributed by atoms with van der Waals surface area (Å²) in [4.78, 5) is 14.2. The van der Waals surface area contributed by atoms with Crippen molar-refractivity contribution >= 4 is 54.5 Å². The summed E-state index contributed by atoms with van der Waals surface area (Å²) in [5, 5.41) is 4.82. The number of likely N-dealkylation sites (tertiary alicyclic amines) is 1. The van der Waals surface area contributed by atoms with Crippen molar-refractivity contribution < 1.29 is 0 Å². The maximum atomic E-state index is 4.66. The van der Waals surface area contributed by atoms with E-state index in [9.17, 15) is 0 Å². The monoisotopic (exact) mass is 408 g/mol.